The molecule has 1 aromatic rings. The Labute approximate surface area is 124 Å². The zero-order valence-corrected chi connectivity index (χ0v) is 13.5. The number of hydrogen-bond donors (Lipinski definition) is 0. The van der Waals surface area contributed by atoms with Gasteiger partial charge in [0.2, 0.25) is 0 Å². The fourth-order valence-electron chi connectivity index (χ4n) is 3.12. The summed E-state index contributed by atoms with van der Waals surface area (Å²) in [6.07, 6.45) is 5.97. The number of halogens is 2. The minimum absolute atomic E-state index is 0.130. The average molecular weight is 328 g/mol. The topological polar surface area (TPSA) is 3.24 Å². The minimum Gasteiger partial charge on any atom is -0.296 e. The van der Waals surface area contributed by atoms with Crippen LogP contribution in [0.4, 0.5) is 4.39 Å². The van der Waals surface area contributed by atoms with Gasteiger partial charge in [0.1, 0.15) is 5.82 Å². The van der Waals surface area contributed by atoms with Crippen LogP contribution in [0.1, 0.15) is 50.7 Å². The molecule has 0 unspecified atom stereocenters. The SMILES string of the molecule is CCCC(CCC)N1CCc2c(Br)cc(F)cc2C1. The third-order valence-electron chi connectivity index (χ3n) is 4.04. The molecule has 0 spiro atoms. The van der Waals surface area contributed by atoms with Gasteiger partial charge >= 0.3 is 0 Å². The van der Waals surface area contributed by atoms with Crippen LogP contribution >= 0.6 is 15.9 Å². The Bertz CT molecular complexity index is 427. The molecule has 1 aliphatic rings. The summed E-state index contributed by atoms with van der Waals surface area (Å²) in [5, 5.41) is 0. The van der Waals surface area contributed by atoms with Gasteiger partial charge in [0.05, 0.1) is 0 Å². The third kappa shape index (κ3) is 3.57. The molecule has 0 bridgehead atoms. The molecule has 106 valence electrons. The highest BCUT2D eigenvalue weighted by molar-refractivity contribution is 9.10. The molecule has 1 aliphatic heterocycles. The van der Waals surface area contributed by atoms with E-state index < -0.39 is 0 Å². The first-order chi connectivity index (χ1) is 9.15. The largest absolute Gasteiger partial charge is 0.296 e. The first kappa shape index (κ1) is 15.0. The maximum absolute atomic E-state index is 13.5. The second-order valence-electron chi connectivity index (χ2n) is 5.48. The molecule has 1 nitrogen and oxygen atoms in total. The molecular formula is C16H23BrFN. The molecule has 1 heterocycles. The van der Waals surface area contributed by atoms with Crippen molar-refractivity contribution in [2.24, 2.45) is 0 Å². The molecule has 0 radical (unpaired) electrons. The lowest BCUT2D eigenvalue weighted by Gasteiger charge is -2.36. The van der Waals surface area contributed by atoms with E-state index in [2.05, 4.69) is 34.7 Å². The number of hydrogen-bond acceptors (Lipinski definition) is 1. The molecule has 2 rings (SSSR count). The lowest BCUT2D eigenvalue weighted by molar-refractivity contribution is 0.158. The van der Waals surface area contributed by atoms with Gasteiger partial charge in [-0.25, -0.2) is 4.39 Å². The Hall–Kier alpha value is -0.410. The van der Waals surface area contributed by atoms with E-state index in [1.165, 1.54) is 31.2 Å². The Kier molecular flexibility index (Phi) is 5.40. The second-order valence-corrected chi connectivity index (χ2v) is 6.33. The molecule has 0 fully saturated rings. The molecule has 0 atom stereocenters. The molecule has 1 aromatic carbocycles. The Morgan fingerprint density at radius 3 is 2.58 bits per heavy atom. The summed E-state index contributed by atoms with van der Waals surface area (Å²) < 4.78 is 14.5. The van der Waals surface area contributed by atoms with Crippen molar-refractivity contribution < 1.29 is 4.39 Å². The van der Waals surface area contributed by atoms with E-state index in [1.54, 1.807) is 12.1 Å². The summed E-state index contributed by atoms with van der Waals surface area (Å²) in [6, 6.07) is 3.95. The summed E-state index contributed by atoms with van der Waals surface area (Å²) in [7, 11) is 0. The van der Waals surface area contributed by atoms with E-state index in [0.29, 0.717) is 6.04 Å². The van der Waals surface area contributed by atoms with Gasteiger partial charge in [0.25, 0.3) is 0 Å². The van der Waals surface area contributed by atoms with Crippen LogP contribution in [0.3, 0.4) is 0 Å². The van der Waals surface area contributed by atoms with Crippen LogP contribution in [0, 0.1) is 5.82 Å². The predicted octanol–water partition coefficient (Wildman–Crippen LogP) is 4.92. The van der Waals surface area contributed by atoms with Crippen molar-refractivity contribution in [2.75, 3.05) is 6.54 Å². The zero-order valence-electron chi connectivity index (χ0n) is 11.9. The summed E-state index contributed by atoms with van der Waals surface area (Å²) in [5.41, 5.74) is 2.46. The van der Waals surface area contributed by atoms with Crippen LogP contribution in [-0.2, 0) is 13.0 Å². The first-order valence-corrected chi connectivity index (χ1v) is 8.15. The Morgan fingerprint density at radius 1 is 1.26 bits per heavy atom. The number of nitrogens with zero attached hydrogens (tertiary/aromatic N) is 1. The number of benzene rings is 1. The second kappa shape index (κ2) is 6.85. The lowest BCUT2D eigenvalue weighted by atomic mass is 9.96. The first-order valence-electron chi connectivity index (χ1n) is 7.36. The normalized spacial score (nSPS) is 15.8. The molecule has 0 saturated carbocycles. The monoisotopic (exact) mass is 327 g/mol. The van der Waals surface area contributed by atoms with Crippen LogP contribution in [-0.4, -0.2) is 17.5 Å². The van der Waals surface area contributed by atoms with Gasteiger partial charge in [-0.1, -0.05) is 42.6 Å². The number of rotatable bonds is 5. The average Bonchev–Trinajstić information content (AvgIpc) is 2.37. The van der Waals surface area contributed by atoms with Crippen molar-refractivity contribution in [2.45, 2.75) is 58.5 Å². The molecule has 0 amide bonds. The number of fused-ring (bicyclic) bond motifs is 1. The van der Waals surface area contributed by atoms with E-state index in [0.717, 1.165) is 29.5 Å². The van der Waals surface area contributed by atoms with E-state index in [9.17, 15) is 4.39 Å². The Morgan fingerprint density at radius 2 is 1.95 bits per heavy atom. The van der Waals surface area contributed by atoms with Crippen LogP contribution in [0.15, 0.2) is 16.6 Å². The van der Waals surface area contributed by atoms with Crippen molar-refractivity contribution in [3.05, 3.63) is 33.5 Å². The fourth-order valence-corrected chi connectivity index (χ4v) is 3.79. The highest BCUT2D eigenvalue weighted by Crippen LogP contribution is 2.30. The van der Waals surface area contributed by atoms with Gasteiger partial charge in [-0.3, -0.25) is 4.90 Å². The van der Waals surface area contributed by atoms with Gasteiger partial charge < -0.3 is 0 Å². The highest BCUT2D eigenvalue weighted by Gasteiger charge is 2.24. The quantitative estimate of drug-likeness (QED) is 0.742. The van der Waals surface area contributed by atoms with E-state index >= 15 is 0 Å². The zero-order chi connectivity index (χ0) is 13.8. The highest BCUT2D eigenvalue weighted by atomic mass is 79.9. The minimum atomic E-state index is -0.130. The van der Waals surface area contributed by atoms with Gasteiger partial charge in [0.15, 0.2) is 0 Å². The lowest BCUT2D eigenvalue weighted by Crippen LogP contribution is -2.39. The summed E-state index contributed by atoms with van der Waals surface area (Å²) in [4.78, 5) is 2.54. The van der Waals surface area contributed by atoms with Crippen molar-refractivity contribution in [1.29, 1.82) is 0 Å². The smallest absolute Gasteiger partial charge is 0.124 e. The maximum Gasteiger partial charge on any atom is 0.124 e. The molecule has 0 aliphatic carbocycles. The standard InChI is InChI=1S/C16H23BrFN/c1-3-5-14(6-4-2)19-8-7-15-12(11-19)9-13(18)10-16(15)17/h9-10,14H,3-8,11H2,1-2H3. The maximum atomic E-state index is 13.5. The van der Waals surface area contributed by atoms with Crippen LogP contribution in [0.25, 0.3) is 0 Å². The van der Waals surface area contributed by atoms with Crippen molar-refractivity contribution in [3.63, 3.8) is 0 Å². The fraction of sp³-hybridized carbons (Fsp3) is 0.625. The van der Waals surface area contributed by atoms with Gasteiger partial charge in [-0.05, 0) is 42.5 Å². The van der Waals surface area contributed by atoms with Crippen LogP contribution in [0.5, 0.6) is 0 Å². The molecule has 3 heteroatoms. The Balaban J connectivity index is 2.16. The predicted molar refractivity (Wildman–Crippen MR) is 81.8 cm³/mol. The summed E-state index contributed by atoms with van der Waals surface area (Å²) >= 11 is 3.49. The van der Waals surface area contributed by atoms with Gasteiger partial charge in [-0.15, -0.1) is 0 Å². The van der Waals surface area contributed by atoms with Crippen molar-refractivity contribution in [3.8, 4) is 0 Å². The third-order valence-corrected chi connectivity index (χ3v) is 4.74. The van der Waals surface area contributed by atoms with Crippen molar-refractivity contribution >= 4 is 15.9 Å². The van der Waals surface area contributed by atoms with E-state index in [-0.39, 0.29) is 5.82 Å². The molecular weight excluding hydrogens is 305 g/mol. The molecule has 0 saturated heterocycles. The van der Waals surface area contributed by atoms with E-state index in [1.807, 2.05) is 0 Å². The van der Waals surface area contributed by atoms with Crippen LogP contribution in [0.2, 0.25) is 0 Å². The summed E-state index contributed by atoms with van der Waals surface area (Å²) in [5.74, 6) is -0.130. The molecule has 0 aromatic heterocycles. The van der Waals surface area contributed by atoms with E-state index in [4.69, 9.17) is 0 Å². The summed E-state index contributed by atoms with van der Waals surface area (Å²) in [6.45, 7) is 6.49. The van der Waals surface area contributed by atoms with Crippen molar-refractivity contribution in [1.82, 2.24) is 4.90 Å². The van der Waals surface area contributed by atoms with Crippen LogP contribution < -0.4 is 0 Å². The van der Waals surface area contributed by atoms with Gasteiger partial charge in [0, 0.05) is 23.6 Å². The molecule has 19 heavy (non-hydrogen) atoms. The molecule has 0 N–H and O–H groups in total. The van der Waals surface area contributed by atoms with Gasteiger partial charge in [-0.2, -0.15) is 0 Å².